The number of amides is 3. The molecule has 2 aliphatic rings. The number of rotatable bonds is 7. The van der Waals surface area contributed by atoms with Crippen LogP contribution < -0.4 is 21.3 Å². The third-order valence-corrected chi connectivity index (χ3v) is 4.53. The summed E-state index contributed by atoms with van der Waals surface area (Å²) in [5.74, 6) is -0.541. The first-order chi connectivity index (χ1) is 13.6. The van der Waals surface area contributed by atoms with E-state index in [1.165, 1.54) is 0 Å². The number of alkyl carbamates (subject to hydrolysis) is 1. The quantitative estimate of drug-likeness (QED) is 0.561. The maximum Gasteiger partial charge on any atom is 0.408 e. The summed E-state index contributed by atoms with van der Waals surface area (Å²) in [5, 5.41) is 11.7. The Kier molecular flexibility index (Phi) is 6.00. The fraction of sp³-hybridized carbons (Fsp3) is 0.571. The van der Waals surface area contributed by atoms with E-state index < -0.39 is 23.6 Å². The number of ether oxygens (including phenoxy) is 1. The van der Waals surface area contributed by atoms with Gasteiger partial charge in [-0.25, -0.2) is 4.79 Å². The maximum atomic E-state index is 12.6. The van der Waals surface area contributed by atoms with Gasteiger partial charge in [-0.3, -0.25) is 9.59 Å². The first-order valence-corrected chi connectivity index (χ1v) is 10.1. The zero-order valence-electron chi connectivity index (χ0n) is 17.4. The molecule has 8 heteroatoms. The lowest BCUT2D eigenvalue weighted by Gasteiger charge is -2.22. The molecule has 1 atom stereocenters. The van der Waals surface area contributed by atoms with Crippen LogP contribution in [0.4, 0.5) is 16.2 Å². The third-order valence-electron chi connectivity index (χ3n) is 4.53. The summed E-state index contributed by atoms with van der Waals surface area (Å²) < 4.78 is 5.19. The van der Waals surface area contributed by atoms with Gasteiger partial charge in [0, 0.05) is 12.1 Å². The van der Waals surface area contributed by atoms with E-state index >= 15 is 0 Å². The average molecular weight is 402 g/mol. The Morgan fingerprint density at radius 2 is 1.72 bits per heavy atom. The zero-order valence-corrected chi connectivity index (χ0v) is 17.4. The number of hydrogen-bond acceptors (Lipinski definition) is 5. The Balaban J connectivity index is 1.70. The highest BCUT2D eigenvalue weighted by atomic mass is 16.6. The molecule has 0 heterocycles. The molecule has 0 aliphatic heterocycles. The van der Waals surface area contributed by atoms with Crippen molar-refractivity contribution in [1.29, 1.82) is 0 Å². The largest absolute Gasteiger partial charge is 0.444 e. The van der Waals surface area contributed by atoms with E-state index in [1.807, 2.05) is 0 Å². The second-order valence-electron chi connectivity index (χ2n) is 8.75. The molecule has 158 valence electrons. The standard InChI is InChI=1S/C21H30N4O4/c1-12(22-20(28)29-21(2,3)4)18(26)25-16-7-5-6-15(17(16)23-13-8-9-13)19(27)24-14-10-11-14/h5-7,12-14,23H,8-11H2,1-4H3,(H,22,28)(H,24,27)(H,25,26)/t12-/m0/s1. The third kappa shape index (κ3) is 6.37. The summed E-state index contributed by atoms with van der Waals surface area (Å²) >= 11 is 0. The summed E-state index contributed by atoms with van der Waals surface area (Å²) in [6, 6.07) is 4.98. The van der Waals surface area contributed by atoms with Crippen LogP contribution in [0.25, 0.3) is 0 Å². The van der Waals surface area contributed by atoms with E-state index in [9.17, 15) is 14.4 Å². The fourth-order valence-corrected chi connectivity index (χ4v) is 2.71. The van der Waals surface area contributed by atoms with Crippen molar-refractivity contribution in [3.8, 4) is 0 Å². The van der Waals surface area contributed by atoms with Gasteiger partial charge in [-0.05, 0) is 65.5 Å². The number of carbonyl (C=O) groups is 3. The Hall–Kier alpha value is -2.77. The summed E-state index contributed by atoms with van der Waals surface area (Å²) in [7, 11) is 0. The van der Waals surface area contributed by atoms with Gasteiger partial charge in [-0.15, -0.1) is 0 Å². The summed E-state index contributed by atoms with van der Waals surface area (Å²) in [6.07, 6.45) is 3.41. The van der Waals surface area contributed by atoms with Gasteiger partial charge in [0.25, 0.3) is 5.91 Å². The molecule has 29 heavy (non-hydrogen) atoms. The van der Waals surface area contributed by atoms with Gasteiger partial charge in [0.15, 0.2) is 0 Å². The minimum absolute atomic E-state index is 0.147. The van der Waals surface area contributed by atoms with Crippen LogP contribution in [0.3, 0.4) is 0 Å². The second kappa shape index (κ2) is 8.31. The van der Waals surface area contributed by atoms with Crippen molar-refractivity contribution in [1.82, 2.24) is 10.6 Å². The minimum atomic E-state index is -0.803. The van der Waals surface area contributed by atoms with Crippen LogP contribution in [0.2, 0.25) is 0 Å². The van der Waals surface area contributed by atoms with Crippen LogP contribution in [-0.4, -0.2) is 41.6 Å². The van der Waals surface area contributed by atoms with Gasteiger partial charge in [0.1, 0.15) is 11.6 Å². The van der Waals surface area contributed by atoms with Gasteiger partial charge in [0.2, 0.25) is 5.91 Å². The van der Waals surface area contributed by atoms with Crippen LogP contribution in [-0.2, 0) is 9.53 Å². The molecule has 1 aromatic carbocycles. The lowest BCUT2D eigenvalue weighted by Crippen LogP contribution is -2.44. The van der Waals surface area contributed by atoms with Crippen molar-refractivity contribution in [3.05, 3.63) is 23.8 Å². The maximum absolute atomic E-state index is 12.6. The van der Waals surface area contributed by atoms with Crippen LogP contribution in [0.5, 0.6) is 0 Å². The van der Waals surface area contributed by atoms with Crippen molar-refractivity contribution >= 4 is 29.3 Å². The highest BCUT2D eigenvalue weighted by Crippen LogP contribution is 2.33. The van der Waals surface area contributed by atoms with E-state index in [0.29, 0.717) is 23.0 Å². The molecule has 2 saturated carbocycles. The normalized spacial score (nSPS) is 17.1. The molecule has 0 aromatic heterocycles. The molecule has 8 nitrogen and oxygen atoms in total. The zero-order chi connectivity index (χ0) is 21.2. The van der Waals surface area contributed by atoms with Crippen LogP contribution in [0.15, 0.2) is 18.2 Å². The fourth-order valence-electron chi connectivity index (χ4n) is 2.71. The van der Waals surface area contributed by atoms with Gasteiger partial charge in [-0.2, -0.15) is 0 Å². The van der Waals surface area contributed by atoms with Crippen LogP contribution >= 0.6 is 0 Å². The number of carbonyl (C=O) groups excluding carboxylic acids is 3. The van der Waals surface area contributed by atoms with Gasteiger partial charge >= 0.3 is 6.09 Å². The second-order valence-corrected chi connectivity index (χ2v) is 8.75. The molecule has 0 bridgehead atoms. The van der Waals surface area contributed by atoms with Crippen molar-refractivity contribution in [2.24, 2.45) is 0 Å². The molecular weight excluding hydrogens is 372 g/mol. The lowest BCUT2D eigenvalue weighted by atomic mass is 10.1. The monoisotopic (exact) mass is 402 g/mol. The van der Waals surface area contributed by atoms with Crippen molar-refractivity contribution in [3.63, 3.8) is 0 Å². The predicted molar refractivity (Wildman–Crippen MR) is 111 cm³/mol. The molecule has 2 aliphatic carbocycles. The van der Waals surface area contributed by atoms with Crippen LogP contribution in [0, 0.1) is 0 Å². The molecule has 4 N–H and O–H groups in total. The Morgan fingerprint density at radius 1 is 1.07 bits per heavy atom. The van der Waals surface area contributed by atoms with Gasteiger partial charge in [0.05, 0.1) is 16.9 Å². The SMILES string of the molecule is C[C@H](NC(=O)OC(C)(C)C)C(=O)Nc1cccc(C(=O)NC2CC2)c1NC1CC1. The van der Waals surface area contributed by atoms with E-state index in [1.54, 1.807) is 45.9 Å². The minimum Gasteiger partial charge on any atom is -0.444 e. The summed E-state index contributed by atoms with van der Waals surface area (Å²) in [4.78, 5) is 37.2. The molecule has 0 radical (unpaired) electrons. The summed E-state index contributed by atoms with van der Waals surface area (Å²) in [6.45, 7) is 6.85. The number of benzene rings is 1. The van der Waals surface area contributed by atoms with E-state index in [4.69, 9.17) is 4.74 Å². The van der Waals surface area contributed by atoms with Crippen molar-refractivity contribution < 1.29 is 19.1 Å². The first kappa shape index (κ1) is 21.0. The van der Waals surface area contributed by atoms with Crippen molar-refractivity contribution in [2.45, 2.75) is 77.1 Å². The van der Waals surface area contributed by atoms with Gasteiger partial charge < -0.3 is 26.0 Å². The molecule has 1 aromatic rings. The number of anilines is 2. The number of nitrogens with one attached hydrogen (secondary N) is 4. The predicted octanol–water partition coefficient (Wildman–Crippen LogP) is 3.00. The van der Waals surface area contributed by atoms with E-state index in [0.717, 1.165) is 25.7 Å². The number of para-hydroxylation sites is 1. The van der Waals surface area contributed by atoms with Crippen LogP contribution in [0.1, 0.15) is 63.7 Å². The average Bonchev–Trinajstić information content (AvgIpc) is 3.50. The molecule has 3 rings (SSSR count). The molecule has 0 unspecified atom stereocenters. The highest BCUT2D eigenvalue weighted by Gasteiger charge is 2.29. The van der Waals surface area contributed by atoms with E-state index in [2.05, 4.69) is 21.3 Å². The van der Waals surface area contributed by atoms with Crippen molar-refractivity contribution in [2.75, 3.05) is 10.6 Å². The Morgan fingerprint density at radius 3 is 2.31 bits per heavy atom. The Labute approximate surface area is 171 Å². The lowest BCUT2D eigenvalue weighted by molar-refractivity contribution is -0.117. The Bertz CT molecular complexity index is 794. The molecule has 2 fully saturated rings. The highest BCUT2D eigenvalue weighted by molar-refractivity contribution is 6.06. The van der Waals surface area contributed by atoms with Gasteiger partial charge in [-0.1, -0.05) is 6.07 Å². The number of hydrogen-bond donors (Lipinski definition) is 4. The van der Waals surface area contributed by atoms with E-state index in [-0.39, 0.29) is 11.9 Å². The topological polar surface area (TPSA) is 109 Å². The first-order valence-electron chi connectivity index (χ1n) is 10.1. The molecular formula is C21H30N4O4. The molecule has 0 spiro atoms. The molecule has 3 amide bonds. The summed E-state index contributed by atoms with van der Waals surface area (Å²) in [5.41, 5.74) is 0.994. The smallest absolute Gasteiger partial charge is 0.408 e. The molecule has 0 saturated heterocycles.